The third kappa shape index (κ3) is 5.84. The fourth-order valence-electron chi connectivity index (χ4n) is 2.04. The first kappa shape index (κ1) is 18.1. The molecule has 0 radical (unpaired) electrons. The van der Waals surface area contributed by atoms with Crippen LogP contribution in [0, 0.1) is 0 Å². The van der Waals surface area contributed by atoms with E-state index in [4.69, 9.17) is 5.11 Å². The highest BCUT2D eigenvalue weighted by molar-refractivity contribution is 6.12. The maximum Gasteiger partial charge on any atom is 0.403 e. The van der Waals surface area contributed by atoms with E-state index in [9.17, 15) is 27.6 Å². The van der Waals surface area contributed by atoms with Crippen molar-refractivity contribution in [3.05, 3.63) is 12.2 Å². The first-order valence-corrected chi connectivity index (χ1v) is 6.77. The van der Waals surface area contributed by atoms with Crippen LogP contribution in [0.2, 0.25) is 0 Å². The van der Waals surface area contributed by atoms with Crippen molar-refractivity contribution in [1.29, 1.82) is 0 Å². The summed E-state index contributed by atoms with van der Waals surface area (Å²) in [5.74, 6) is -2.18. The number of nitrogens with one attached hydrogen (secondary N) is 1. The van der Waals surface area contributed by atoms with Gasteiger partial charge in [0, 0.05) is 18.7 Å². The van der Waals surface area contributed by atoms with E-state index >= 15 is 0 Å². The Morgan fingerprint density at radius 1 is 1.18 bits per heavy atom. The number of carboxylic acid groups (broad SMARTS) is 1. The van der Waals surface area contributed by atoms with Gasteiger partial charge in [0.15, 0.2) is 0 Å². The van der Waals surface area contributed by atoms with Gasteiger partial charge in [0.2, 0.25) is 0 Å². The van der Waals surface area contributed by atoms with Gasteiger partial charge in [0.25, 0.3) is 11.8 Å². The molecule has 0 aliphatic carbocycles. The van der Waals surface area contributed by atoms with Crippen LogP contribution in [0.1, 0.15) is 25.7 Å². The molecule has 0 bridgehead atoms. The van der Waals surface area contributed by atoms with E-state index in [2.05, 4.69) is 0 Å². The second-order valence-corrected chi connectivity index (χ2v) is 4.88. The molecule has 1 aliphatic heterocycles. The van der Waals surface area contributed by atoms with E-state index < -0.39 is 36.5 Å². The molecule has 0 saturated carbocycles. The van der Waals surface area contributed by atoms with Crippen molar-refractivity contribution < 1.29 is 32.7 Å². The van der Waals surface area contributed by atoms with Gasteiger partial charge < -0.3 is 5.11 Å². The molecule has 0 fully saturated rings. The van der Waals surface area contributed by atoms with Crippen molar-refractivity contribution in [3.63, 3.8) is 0 Å². The number of alkyl halides is 3. The molecule has 6 nitrogen and oxygen atoms in total. The third-order valence-corrected chi connectivity index (χ3v) is 3.17. The molecule has 1 heterocycles. The summed E-state index contributed by atoms with van der Waals surface area (Å²) in [5, 5.41) is 10.4. The molecule has 0 spiro atoms. The molecular weight excluding hydrogens is 305 g/mol. The van der Waals surface area contributed by atoms with E-state index in [0.717, 1.165) is 17.1 Å². The minimum absolute atomic E-state index is 0.171. The molecule has 1 unspecified atom stereocenters. The summed E-state index contributed by atoms with van der Waals surface area (Å²) >= 11 is 0. The number of halogens is 3. The highest BCUT2D eigenvalue weighted by atomic mass is 19.4. The number of hydrogen-bond acceptors (Lipinski definition) is 4. The number of carbonyl (C=O) groups excluding carboxylic acids is 2. The molecule has 0 saturated heterocycles. The fraction of sp³-hybridized carbons (Fsp3) is 0.615. The maximum absolute atomic E-state index is 12.7. The summed E-state index contributed by atoms with van der Waals surface area (Å²) in [4.78, 5) is 33.8. The van der Waals surface area contributed by atoms with Gasteiger partial charge >= 0.3 is 12.1 Å². The highest BCUT2D eigenvalue weighted by Crippen LogP contribution is 2.24. The molecule has 22 heavy (non-hydrogen) atoms. The van der Waals surface area contributed by atoms with E-state index in [-0.39, 0.29) is 19.4 Å². The SMILES string of the molecule is O=C(O)CNC(CCCCCN1C(=O)C=CC1=O)C(F)(F)F. The first-order chi connectivity index (χ1) is 10.2. The van der Waals surface area contributed by atoms with Gasteiger partial charge in [-0.25, -0.2) is 0 Å². The van der Waals surface area contributed by atoms with Gasteiger partial charge in [-0.3, -0.25) is 24.6 Å². The number of amides is 2. The van der Waals surface area contributed by atoms with Crippen molar-refractivity contribution in [3.8, 4) is 0 Å². The Kier molecular flexibility index (Phi) is 6.54. The predicted octanol–water partition coefficient (Wildman–Crippen LogP) is 1.08. The Balaban J connectivity index is 2.27. The van der Waals surface area contributed by atoms with Gasteiger partial charge in [-0.1, -0.05) is 12.8 Å². The Hall–Kier alpha value is -1.90. The van der Waals surface area contributed by atoms with Crippen LogP contribution >= 0.6 is 0 Å². The van der Waals surface area contributed by atoms with E-state index in [1.54, 1.807) is 0 Å². The minimum atomic E-state index is -4.51. The van der Waals surface area contributed by atoms with E-state index in [1.165, 1.54) is 0 Å². The Labute approximate surface area is 125 Å². The summed E-state index contributed by atoms with van der Waals surface area (Å²) < 4.78 is 38.0. The van der Waals surface area contributed by atoms with Crippen LogP contribution in [0.4, 0.5) is 13.2 Å². The molecule has 0 aromatic heterocycles. The van der Waals surface area contributed by atoms with Crippen molar-refractivity contribution in [2.45, 2.75) is 37.9 Å². The summed E-state index contributed by atoms with van der Waals surface area (Å²) in [6.07, 6.45) is -1.45. The zero-order valence-electron chi connectivity index (χ0n) is 11.7. The van der Waals surface area contributed by atoms with Crippen LogP contribution in [0.25, 0.3) is 0 Å². The lowest BCUT2D eigenvalue weighted by Crippen LogP contribution is -2.44. The number of unbranched alkanes of at least 4 members (excludes halogenated alkanes) is 2. The lowest BCUT2D eigenvalue weighted by atomic mass is 10.1. The zero-order chi connectivity index (χ0) is 16.8. The maximum atomic E-state index is 12.7. The second-order valence-electron chi connectivity index (χ2n) is 4.88. The highest BCUT2D eigenvalue weighted by Gasteiger charge is 2.38. The summed E-state index contributed by atoms with van der Waals surface area (Å²) in [7, 11) is 0. The summed E-state index contributed by atoms with van der Waals surface area (Å²) in [5.41, 5.74) is 0. The number of imide groups is 1. The quantitative estimate of drug-likeness (QED) is 0.490. The lowest BCUT2D eigenvalue weighted by Gasteiger charge is -2.21. The Morgan fingerprint density at radius 2 is 1.77 bits per heavy atom. The van der Waals surface area contributed by atoms with Crippen molar-refractivity contribution >= 4 is 17.8 Å². The van der Waals surface area contributed by atoms with Crippen molar-refractivity contribution in [1.82, 2.24) is 10.2 Å². The van der Waals surface area contributed by atoms with Crippen LogP contribution in [0.3, 0.4) is 0 Å². The minimum Gasteiger partial charge on any atom is -0.480 e. The Bertz CT molecular complexity index is 445. The third-order valence-electron chi connectivity index (χ3n) is 3.17. The van der Waals surface area contributed by atoms with Crippen LogP contribution in [-0.4, -0.2) is 53.1 Å². The van der Waals surface area contributed by atoms with Gasteiger partial charge in [-0.2, -0.15) is 13.2 Å². The molecule has 1 rings (SSSR count). The summed E-state index contributed by atoms with van der Waals surface area (Å²) in [6, 6.07) is -1.87. The van der Waals surface area contributed by atoms with Gasteiger partial charge in [-0.15, -0.1) is 0 Å². The number of aliphatic carboxylic acids is 1. The molecule has 0 aromatic rings. The first-order valence-electron chi connectivity index (χ1n) is 6.77. The number of nitrogens with zero attached hydrogens (tertiary/aromatic N) is 1. The van der Waals surface area contributed by atoms with Crippen molar-refractivity contribution in [2.24, 2.45) is 0 Å². The second kappa shape index (κ2) is 7.92. The standard InChI is InChI=1S/C13H17F3N2O4/c14-13(15,16)9(17-8-12(21)22)4-2-1-3-7-18-10(19)5-6-11(18)20/h5-6,9,17H,1-4,7-8H2,(H,21,22). The van der Waals surface area contributed by atoms with Crippen LogP contribution in [0.15, 0.2) is 12.2 Å². The molecule has 0 aromatic carbocycles. The molecule has 1 atom stereocenters. The van der Waals surface area contributed by atoms with Crippen LogP contribution in [-0.2, 0) is 14.4 Å². The molecule has 2 amide bonds. The molecular formula is C13H17F3N2O4. The average molecular weight is 322 g/mol. The van der Waals surface area contributed by atoms with E-state index in [1.807, 2.05) is 5.32 Å². The number of rotatable bonds is 9. The predicted molar refractivity (Wildman–Crippen MR) is 69.8 cm³/mol. The average Bonchev–Trinajstić information content (AvgIpc) is 2.71. The van der Waals surface area contributed by atoms with Crippen LogP contribution in [0.5, 0.6) is 0 Å². The normalized spacial score (nSPS) is 16.4. The molecule has 9 heteroatoms. The van der Waals surface area contributed by atoms with Crippen LogP contribution < -0.4 is 5.32 Å². The zero-order valence-corrected chi connectivity index (χ0v) is 11.7. The lowest BCUT2D eigenvalue weighted by molar-refractivity contribution is -0.159. The monoisotopic (exact) mass is 322 g/mol. The van der Waals surface area contributed by atoms with Gasteiger partial charge in [0.05, 0.1) is 6.54 Å². The molecule has 2 N–H and O–H groups in total. The number of carbonyl (C=O) groups is 3. The van der Waals surface area contributed by atoms with Crippen molar-refractivity contribution in [2.75, 3.05) is 13.1 Å². The molecule has 124 valence electrons. The van der Waals surface area contributed by atoms with Gasteiger partial charge in [0.1, 0.15) is 6.04 Å². The smallest absolute Gasteiger partial charge is 0.403 e. The number of carboxylic acids is 1. The Morgan fingerprint density at radius 3 is 2.27 bits per heavy atom. The molecule has 1 aliphatic rings. The topological polar surface area (TPSA) is 86.7 Å². The van der Waals surface area contributed by atoms with Gasteiger partial charge in [-0.05, 0) is 12.8 Å². The largest absolute Gasteiger partial charge is 0.480 e. The van der Waals surface area contributed by atoms with E-state index in [0.29, 0.717) is 12.8 Å². The summed E-state index contributed by atoms with van der Waals surface area (Å²) in [6.45, 7) is -0.587. The fourth-order valence-corrected chi connectivity index (χ4v) is 2.04. The number of hydrogen-bond donors (Lipinski definition) is 2.